The van der Waals surface area contributed by atoms with E-state index in [1.165, 1.54) is 31.5 Å². The predicted octanol–water partition coefficient (Wildman–Crippen LogP) is 4.35. The second-order valence-electron chi connectivity index (χ2n) is 7.19. The van der Waals surface area contributed by atoms with Gasteiger partial charge in [0.25, 0.3) is 0 Å². The van der Waals surface area contributed by atoms with Gasteiger partial charge in [-0.15, -0.1) is 16.2 Å². The third kappa shape index (κ3) is 3.95. The SMILES string of the molecule is O=Nc1cc(/C=N/n2c(C3CC3)cs/c2=N\C2CCCCC2)c(O)cc1O. The average molecular weight is 386 g/mol. The van der Waals surface area contributed by atoms with Crippen LogP contribution >= 0.6 is 11.3 Å². The van der Waals surface area contributed by atoms with Gasteiger partial charge >= 0.3 is 0 Å². The van der Waals surface area contributed by atoms with Crippen LogP contribution < -0.4 is 4.80 Å². The molecule has 2 aliphatic rings. The summed E-state index contributed by atoms with van der Waals surface area (Å²) in [5.74, 6) is 0.00189. The number of phenols is 2. The van der Waals surface area contributed by atoms with E-state index in [4.69, 9.17) is 4.99 Å². The van der Waals surface area contributed by atoms with Gasteiger partial charge in [-0.2, -0.15) is 5.10 Å². The van der Waals surface area contributed by atoms with Gasteiger partial charge in [0, 0.05) is 22.9 Å². The summed E-state index contributed by atoms with van der Waals surface area (Å²) >= 11 is 1.60. The van der Waals surface area contributed by atoms with Gasteiger partial charge in [0.1, 0.15) is 11.5 Å². The number of benzene rings is 1. The van der Waals surface area contributed by atoms with E-state index in [0.717, 1.165) is 42.2 Å². The van der Waals surface area contributed by atoms with Crippen molar-refractivity contribution in [3.05, 3.63) is 38.5 Å². The molecule has 0 spiro atoms. The van der Waals surface area contributed by atoms with Crippen molar-refractivity contribution in [3.8, 4) is 11.5 Å². The maximum absolute atomic E-state index is 10.8. The Morgan fingerprint density at radius 2 is 1.85 bits per heavy atom. The number of phenolic OH excluding ortho intramolecular Hbond substituents is 2. The minimum atomic E-state index is -0.352. The Hall–Kier alpha value is -2.48. The van der Waals surface area contributed by atoms with Gasteiger partial charge in [0.2, 0.25) is 4.80 Å². The number of nitroso groups, excluding NO2 is 1. The van der Waals surface area contributed by atoms with Gasteiger partial charge in [0.05, 0.1) is 18.0 Å². The Morgan fingerprint density at radius 1 is 1.07 bits per heavy atom. The lowest BCUT2D eigenvalue weighted by Crippen LogP contribution is -2.19. The van der Waals surface area contributed by atoms with Crippen molar-refractivity contribution in [1.29, 1.82) is 0 Å². The lowest BCUT2D eigenvalue weighted by molar-refractivity contribution is 0.435. The first-order chi connectivity index (χ1) is 13.2. The molecule has 0 aliphatic heterocycles. The summed E-state index contributed by atoms with van der Waals surface area (Å²) in [6, 6.07) is 2.77. The number of nitrogens with zero attached hydrogens (tertiary/aromatic N) is 4. The lowest BCUT2D eigenvalue weighted by atomic mass is 9.96. The smallest absolute Gasteiger partial charge is 0.206 e. The molecule has 0 amide bonds. The van der Waals surface area contributed by atoms with Crippen LogP contribution in [0.5, 0.6) is 11.5 Å². The van der Waals surface area contributed by atoms with Crippen LogP contribution in [0, 0.1) is 4.91 Å². The van der Waals surface area contributed by atoms with E-state index in [2.05, 4.69) is 15.7 Å². The molecule has 142 valence electrons. The number of aromatic nitrogens is 1. The second-order valence-corrected chi connectivity index (χ2v) is 8.02. The number of aromatic hydroxyl groups is 2. The summed E-state index contributed by atoms with van der Waals surface area (Å²) in [5, 5.41) is 29.1. The van der Waals surface area contributed by atoms with Crippen molar-refractivity contribution in [2.45, 2.75) is 56.9 Å². The number of thiazole rings is 1. The van der Waals surface area contributed by atoms with Crippen molar-refractivity contribution < 1.29 is 10.2 Å². The van der Waals surface area contributed by atoms with E-state index in [9.17, 15) is 15.1 Å². The van der Waals surface area contributed by atoms with E-state index < -0.39 is 0 Å². The highest BCUT2D eigenvalue weighted by atomic mass is 32.1. The van der Waals surface area contributed by atoms with Gasteiger partial charge in [-0.05, 0) is 36.9 Å². The molecule has 7 nitrogen and oxygen atoms in total. The number of rotatable bonds is 5. The first-order valence-electron chi connectivity index (χ1n) is 9.33. The molecule has 0 saturated heterocycles. The summed E-state index contributed by atoms with van der Waals surface area (Å²) in [4.78, 5) is 16.6. The molecule has 2 N–H and O–H groups in total. The van der Waals surface area contributed by atoms with E-state index in [1.54, 1.807) is 11.3 Å². The molecule has 2 aliphatic carbocycles. The van der Waals surface area contributed by atoms with Crippen molar-refractivity contribution in [1.82, 2.24) is 4.68 Å². The summed E-state index contributed by atoms with van der Waals surface area (Å²) in [6.45, 7) is 0. The molecule has 8 heteroatoms. The molecule has 1 heterocycles. The fraction of sp³-hybridized carbons (Fsp3) is 0.474. The monoisotopic (exact) mass is 386 g/mol. The molecule has 2 fully saturated rings. The summed E-state index contributed by atoms with van der Waals surface area (Å²) in [6.07, 6.45) is 9.76. The largest absolute Gasteiger partial charge is 0.507 e. The molecule has 0 unspecified atom stereocenters. The van der Waals surface area contributed by atoms with E-state index >= 15 is 0 Å². The minimum Gasteiger partial charge on any atom is -0.507 e. The van der Waals surface area contributed by atoms with Crippen molar-refractivity contribution >= 4 is 23.2 Å². The van der Waals surface area contributed by atoms with Crippen LogP contribution in [0.15, 0.2) is 32.8 Å². The first kappa shape index (κ1) is 17.9. The van der Waals surface area contributed by atoms with Crippen LogP contribution in [0.25, 0.3) is 0 Å². The number of hydrogen-bond acceptors (Lipinski definition) is 7. The van der Waals surface area contributed by atoms with Gasteiger partial charge in [0.15, 0.2) is 5.69 Å². The fourth-order valence-electron chi connectivity index (χ4n) is 3.42. The topological polar surface area (TPSA) is 99.5 Å². The predicted molar refractivity (Wildman–Crippen MR) is 105 cm³/mol. The molecular formula is C19H22N4O3S. The molecule has 1 aromatic carbocycles. The molecule has 0 atom stereocenters. The molecule has 0 bridgehead atoms. The zero-order valence-electron chi connectivity index (χ0n) is 14.9. The minimum absolute atomic E-state index is 0.126. The Bertz CT molecular complexity index is 937. The maximum Gasteiger partial charge on any atom is 0.206 e. The molecule has 1 aromatic heterocycles. The van der Waals surface area contributed by atoms with Crippen LogP contribution in [0.2, 0.25) is 0 Å². The average Bonchev–Trinajstić information content (AvgIpc) is 3.44. The lowest BCUT2D eigenvalue weighted by Gasteiger charge is -2.16. The Labute approximate surface area is 160 Å². The van der Waals surface area contributed by atoms with Crippen molar-refractivity contribution in [2.24, 2.45) is 15.3 Å². The summed E-state index contributed by atoms with van der Waals surface area (Å²) in [5.41, 5.74) is 1.34. The molecule has 2 saturated carbocycles. The van der Waals surface area contributed by atoms with Gasteiger partial charge in [-0.1, -0.05) is 19.3 Å². The van der Waals surface area contributed by atoms with Gasteiger partial charge < -0.3 is 10.2 Å². The van der Waals surface area contributed by atoms with Gasteiger partial charge in [-0.3, -0.25) is 4.99 Å². The molecule has 2 aromatic rings. The van der Waals surface area contributed by atoms with Crippen molar-refractivity contribution in [2.75, 3.05) is 0 Å². The highest BCUT2D eigenvalue weighted by Gasteiger charge is 2.28. The highest BCUT2D eigenvalue weighted by molar-refractivity contribution is 7.07. The van der Waals surface area contributed by atoms with Crippen molar-refractivity contribution in [3.63, 3.8) is 0 Å². The summed E-state index contributed by atoms with van der Waals surface area (Å²) in [7, 11) is 0. The van der Waals surface area contributed by atoms with Crippen LogP contribution in [-0.2, 0) is 0 Å². The Kier molecular flexibility index (Phi) is 5.07. The van der Waals surface area contributed by atoms with Gasteiger partial charge in [-0.25, -0.2) is 4.68 Å². The normalized spacial score (nSPS) is 19.0. The first-order valence-corrected chi connectivity index (χ1v) is 10.2. The molecule has 4 rings (SSSR count). The van der Waals surface area contributed by atoms with Crippen LogP contribution in [-0.4, -0.2) is 27.1 Å². The van der Waals surface area contributed by atoms with Crippen LogP contribution in [0.4, 0.5) is 5.69 Å². The maximum atomic E-state index is 10.8. The van der Waals surface area contributed by atoms with E-state index in [1.807, 2.05) is 4.68 Å². The zero-order valence-corrected chi connectivity index (χ0v) is 15.7. The molecule has 27 heavy (non-hydrogen) atoms. The fourth-order valence-corrected chi connectivity index (χ4v) is 4.40. The quantitative estimate of drug-likeness (QED) is 0.590. The second kappa shape index (κ2) is 7.64. The highest BCUT2D eigenvalue weighted by Crippen LogP contribution is 2.40. The standard InChI is InChI=1S/C19H22N4O3S/c24-17-9-18(25)15(22-26)8-13(17)10-20-23-16(12-6-7-12)11-27-19(23)21-14-4-2-1-3-5-14/h8-12,14,24-25H,1-7H2/b20-10+,21-19-. The molecular weight excluding hydrogens is 364 g/mol. The van der Waals surface area contributed by atoms with Crippen LogP contribution in [0.1, 0.15) is 62.1 Å². The third-order valence-corrected chi connectivity index (χ3v) is 5.96. The molecule has 0 radical (unpaired) electrons. The zero-order chi connectivity index (χ0) is 18.8. The third-order valence-electron chi connectivity index (χ3n) is 5.11. The van der Waals surface area contributed by atoms with E-state index in [0.29, 0.717) is 17.5 Å². The van der Waals surface area contributed by atoms with E-state index in [-0.39, 0.29) is 17.2 Å². The van der Waals surface area contributed by atoms with Crippen LogP contribution in [0.3, 0.4) is 0 Å². The summed E-state index contributed by atoms with van der Waals surface area (Å²) < 4.78 is 1.86. The Balaban J connectivity index is 1.70. The Morgan fingerprint density at radius 3 is 2.56 bits per heavy atom. The number of hydrogen-bond donors (Lipinski definition) is 2.